The van der Waals surface area contributed by atoms with Gasteiger partial charge in [-0.3, -0.25) is 4.79 Å². The number of nitrogens with one attached hydrogen (secondary N) is 1. The van der Waals surface area contributed by atoms with Crippen LogP contribution in [0.1, 0.15) is 53.0 Å². The van der Waals surface area contributed by atoms with Crippen molar-refractivity contribution in [3.8, 4) is 11.1 Å². The summed E-state index contributed by atoms with van der Waals surface area (Å²) in [4.78, 5) is 27.8. The van der Waals surface area contributed by atoms with E-state index in [1.54, 1.807) is 56.3 Å². The third-order valence-corrected chi connectivity index (χ3v) is 11.9. The minimum Gasteiger partial charge on any atom is -0.465 e. The minimum absolute atomic E-state index is 0.0310. The average molecular weight is 734 g/mol. The van der Waals surface area contributed by atoms with Crippen molar-refractivity contribution in [3.05, 3.63) is 88.6 Å². The molecule has 14 heteroatoms. The highest BCUT2D eigenvalue weighted by Crippen LogP contribution is 2.38. The number of aromatic nitrogens is 1. The molecule has 5 rings (SSSR count). The molecular formula is C37H47N5O7SSi. The van der Waals surface area contributed by atoms with Crippen LogP contribution in [0.5, 0.6) is 0 Å². The summed E-state index contributed by atoms with van der Waals surface area (Å²) in [6, 6.07) is 17.5. The molecule has 3 N–H and O–H groups in total. The molecule has 1 amide bonds. The maximum atomic E-state index is 14.7. The van der Waals surface area contributed by atoms with Gasteiger partial charge in [-0.1, -0.05) is 61.5 Å². The van der Waals surface area contributed by atoms with Crippen molar-refractivity contribution in [2.24, 2.45) is 5.41 Å². The Kier molecular flexibility index (Phi) is 10.7. The normalized spacial score (nSPS) is 14.5. The number of carbonyl (C=O) groups is 2. The molecule has 0 aliphatic carbocycles. The number of anilines is 3. The second-order valence-electron chi connectivity index (χ2n) is 14.4. The monoisotopic (exact) mass is 733 g/mol. The molecule has 3 aromatic carbocycles. The van der Waals surface area contributed by atoms with Gasteiger partial charge in [0.05, 0.1) is 34.6 Å². The number of benzene rings is 3. The van der Waals surface area contributed by atoms with Gasteiger partial charge in [0.25, 0.3) is 10.0 Å². The van der Waals surface area contributed by atoms with Crippen LogP contribution in [0.2, 0.25) is 19.6 Å². The topological polar surface area (TPSA) is 157 Å². The molecule has 12 nitrogen and oxygen atoms in total. The molecule has 4 aromatic rings. The molecule has 0 spiro atoms. The highest BCUT2D eigenvalue weighted by Gasteiger charge is 2.39. The number of ether oxygens (including phenoxy) is 1. The molecule has 1 aromatic heterocycles. The minimum atomic E-state index is -4.27. The lowest BCUT2D eigenvalue weighted by Gasteiger charge is -2.27. The number of rotatable bonds is 13. The molecule has 0 saturated carbocycles. The number of likely N-dealkylation sites (tertiary alicyclic amines) is 1. The molecule has 1 fully saturated rings. The predicted molar refractivity (Wildman–Crippen MR) is 200 cm³/mol. The van der Waals surface area contributed by atoms with E-state index in [2.05, 4.69) is 10.5 Å². The van der Waals surface area contributed by atoms with Crippen molar-refractivity contribution in [1.29, 1.82) is 0 Å². The summed E-state index contributed by atoms with van der Waals surface area (Å²) in [7, 11) is -5.13. The van der Waals surface area contributed by atoms with E-state index in [9.17, 15) is 18.0 Å². The Morgan fingerprint density at radius 2 is 1.80 bits per heavy atom. The van der Waals surface area contributed by atoms with E-state index < -0.39 is 29.7 Å². The fraction of sp³-hybridized carbons (Fsp3) is 0.378. The van der Waals surface area contributed by atoms with E-state index in [1.165, 1.54) is 7.11 Å². The summed E-state index contributed by atoms with van der Waals surface area (Å²) in [6.07, 6.45) is 0.707. The largest absolute Gasteiger partial charge is 0.465 e. The number of hydrogen-bond donors (Lipinski definition) is 2. The lowest BCUT2D eigenvalue weighted by atomic mass is 9.92. The zero-order valence-corrected chi connectivity index (χ0v) is 32.3. The Labute approximate surface area is 301 Å². The number of aryl methyl sites for hydroxylation is 1. The fourth-order valence-electron chi connectivity index (χ4n) is 5.95. The van der Waals surface area contributed by atoms with Crippen LogP contribution in [0.25, 0.3) is 11.1 Å². The fourth-order valence-corrected chi connectivity index (χ4v) is 8.09. The molecule has 1 saturated heterocycles. The van der Waals surface area contributed by atoms with Crippen LogP contribution in [0.4, 0.5) is 17.3 Å². The number of hydrogen-bond acceptors (Lipinski definition) is 10. The standard InChI is InChI=1S/C37H47N5O7SSi/c1-24-25(2)40-49-34(24)42(23-48-51(6,7)8)50(45,46)32-15-10-9-12-29(32)28-17-16-26(20-27(28)22-41-19-18-37(3,4)36(41)44)21-39-33-30(35(43)47-5)13-11-14-31(33)38/h9-17,20,39H,18-19,21-23,38H2,1-8H3. The van der Waals surface area contributed by atoms with Crippen molar-refractivity contribution in [2.45, 2.75) is 71.7 Å². The summed E-state index contributed by atoms with van der Waals surface area (Å²) >= 11 is 0. The zero-order chi connectivity index (χ0) is 37.3. The highest BCUT2D eigenvalue weighted by atomic mass is 32.2. The van der Waals surface area contributed by atoms with Gasteiger partial charge < -0.3 is 29.6 Å². The van der Waals surface area contributed by atoms with E-state index in [-0.39, 0.29) is 36.5 Å². The summed E-state index contributed by atoms with van der Waals surface area (Å²) < 4.78 is 47.2. The van der Waals surface area contributed by atoms with Crippen molar-refractivity contribution >= 4 is 47.5 Å². The molecule has 0 unspecified atom stereocenters. The molecule has 0 radical (unpaired) electrons. The van der Waals surface area contributed by atoms with Crippen LogP contribution in [0, 0.1) is 19.3 Å². The molecule has 0 atom stereocenters. The SMILES string of the molecule is COC(=O)c1cccc(N)c1NCc1ccc(-c2ccccc2S(=O)(=O)N(CO[Si](C)(C)C)c2onc(C)c2C)c(CN2CCC(C)(C)C2=O)c1. The molecule has 0 bridgehead atoms. The summed E-state index contributed by atoms with van der Waals surface area (Å²) in [5, 5.41) is 7.31. The van der Waals surface area contributed by atoms with Gasteiger partial charge in [-0.2, -0.15) is 0 Å². The van der Waals surface area contributed by atoms with E-state index in [4.69, 9.17) is 19.4 Å². The van der Waals surface area contributed by atoms with Gasteiger partial charge in [-0.05, 0) is 74.8 Å². The summed E-state index contributed by atoms with van der Waals surface area (Å²) in [5.41, 5.74) is 10.8. The molecule has 272 valence electrons. The Morgan fingerprint density at radius 1 is 1.08 bits per heavy atom. The van der Waals surface area contributed by atoms with E-state index in [0.29, 0.717) is 52.3 Å². The van der Waals surface area contributed by atoms with Crippen LogP contribution in [0.15, 0.2) is 70.1 Å². The Morgan fingerprint density at radius 3 is 2.43 bits per heavy atom. The van der Waals surface area contributed by atoms with Gasteiger partial charge in [0, 0.05) is 36.2 Å². The number of carbonyl (C=O) groups excluding carboxylic acids is 2. The predicted octanol–water partition coefficient (Wildman–Crippen LogP) is 6.70. The molecule has 1 aliphatic heterocycles. The third kappa shape index (κ3) is 7.97. The number of nitrogen functional groups attached to an aromatic ring is 1. The number of methoxy groups -OCH3 is 1. The van der Waals surface area contributed by atoms with Crippen molar-refractivity contribution in [3.63, 3.8) is 0 Å². The Hall–Kier alpha value is -4.66. The Bertz CT molecular complexity index is 2060. The first-order valence-electron chi connectivity index (χ1n) is 16.8. The first-order valence-corrected chi connectivity index (χ1v) is 21.6. The van der Waals surface area contributed by atoms with Gasteiger partial charge in [0.2, 0.25) is 11.8 Å². The smallest absolute Gasteiger partial charge is 0.340 e. The second kappa shape index (κ2) is 14.5. The van der Waals surface area contributed by atoms with Crippen LogP contribution >= 0.6 is 0 Å². The molecule has 51 heavy (non-hydrogen) atoms. The lowest BCUT2D eigenvalue weighted by molar-refractivity contribution is -0.135. The maximum Gasteiger partial charge on any atom is 0.340 e. The van der Waals surface area contributed by atoms with Gasteiger partial charge >= 0.3 is 5.97 Å². The van der Waals surface area contributed by atoms with Crippen molar-refractivity contribution in [1.82, 2.24) is 10.1 Å². The first kappa shape index (κ1) is 37.6. The molecule has 2 heterocycles. The average Bonchev–Trinajstić information content (AvgIpc) is 3.54. The number of nitrogens with two attached hydrogens (primary N) is 1. The van der Waals surface area contributed by atoms with Gasteiger partial charge in [-0.25, -0.2) is 17.5 Å². The van der Waals surface area contributed by atoms with E-state index in [0.717, 1.165) is 15.4 Å². The van der Waals surface area contributed by atoms with E-state index in [1.807, 2.05) is 56.6 Å². The molecular weight excluding hydrogens is 687 g/mol. The van der Waals surface area contributed by atoms with Crippen molar-refractivity contribution < 1.29 is 31.7 Å². The highest BCUT2D eigenvalue weighted by molar-refractivity contribution is 7.93. The third-order valence-electron chi connectivity index (χ3n) is 9.09. The number of amides is 1. The van der Waals surface area contributed by atoms with Gasteiger partial charge in [0.1, 0.15) is 6.73 Å². The van der Waals surface area contributed by atoms with Crippen molar-refractivity contribution in [2.75, 3.05) is 35.7 Å². The zero-order valence-electron chi connectivity index (χ0n) is 30.5. The Balaban J connectivity index is 1.60. The van der Waals surface area contributed by atoms with Crippen LogP contribution in [-0.2, 0) is 37.1 Å². The second-order valence-corrected chi connectivity index (χ2v) is 20.7. The van der Waals surface area contributed by atoms with Crippen LogP contribution in [0.3, 0.4) is 0 Å². The number of esters is 1. The van der Waals surface area contributed by atoms with Crippen LogP contribution in [-0.4, -0.2) is 59.1 Å². The number of sulfonamides is 1. The van der Waals surface area contributed by atoms with Gasteiger partial charge in [0.15, 0.2) is 8.32 Å². The van der Waals surface area contributed by atoms with Crippen LogP contribution < -0.4 is 15.4 Å². The van der Waals surface area contributed by atoms with E-state index >= 15 is 0 Å². The molecule has 1 aliphatic rings. The lowest BCUT2D eigenvalue weighted by Crippen LogP contribution is -2.39. The number of nitrogens with zero attached hydrogens (tertiary/aromatic N) is 3. The quantitative estimate of drug-likeness (QED) is 0.0656. The first-order chi connectivity index (χ1) is 23.9. The number of para-hydroxylation sites is 1. The summed E-state index contributed by atoms with van der Waals surface area (Å²) in [5.74, 6) is -0.393. The summed E-state index contributed by atoms with van der Waals surface area (Å²) in [6.45, 7) is 14.2. The van der Waals surface area contributed by atoms with Gasteiger partial charge in [-0.15, -0.1) is 0 Å². The maximum absolute atomic E-state index is 14.7.